The van der Waals surface area contributed by atoms with Crippen LogP contribution in [0.5, 0.6) is 11.8 Å². The number of fused-ring (bicyclic) bond motifs is 2. The van der Waals surface area contributed by atoms with Crippen LogP contribution >= 0.6 is 0 Å². The van der Waals surface area contributed by atoms with Crippen molar-refractivity contribution >= 4 is 27.9 Å². The minimum Gasteiger partial charge on any atom is -0.426 e. The van der Waals surface area contributed by atoms with Crippen LogP contribution in [0, 0.1) is 6.92 Å². The number of aromatic amines is 1. The normalized spacial score (nSPS) is 20.5. The molecule has 0 atom stereocenters. The molecule has 3 aromatic heterocycles. The first-order valence-corrected chi connectivity index (χ1v) is 13.7. The number of benzene rings is 2. The molecule has 200 valence electrons. The number of aryl methyl sites for hydroxylation is 1. The third-order valence-electron chi connectivity index (χ3n) is 8.03. The number of nitrogens with zero attached hydrogens (tertiary/aromatic N) is 6. The molecule has 2 aromatic carbocycles. The van der Waals surface area contributed by atoms with E-state index in [1.165, 1.54) is 6.33 Å². The van der Waals surface area contributed by atoms with Crippen LogP contribution in [0.1, 0.15) is 37.3 Å². The zero-order valence-corrected chi connectivity index (χ0v) is 22.0. The number of aromatic nitrogens is 6. The standard InChI is InChI=1S/C29H32N8O2/c1-18-3-2-4-22(15-18)39-29-33-23-10-5-19(16-24(23)34-29)26-25-27(30)31-17-32-28(25)37(35-26)21-8-6-20(7-9-21)36-11-13-38-14-12-36/h2-5,10,15-17,20-21H,6-9,11-14H2,1H3,(H,33,34)(H2,30,31,32)/t20-,21-. The van der Waals surface area contributed by atoms with Crippen LogP contribution in [0.25, 0.3) is 33.3 Å². The van der Waals surface area contributed by atoms with Gasteiger partial charge in [-0.05, 0) is 62.4 Å². The number of nitrogen functional groups attached to an aromatic ring is 1. The molecule has 10 nitrogen and oxygen atoms in total. The van der Waals surface area contributed by atoms with Gasteiger partial charge in [-0.25, -0.2) is 14.6 Å². The smallest absolute Gasteiger partial charge is 0.300 e. The van der Waals surface area contributed by atoms with Crippen molar-refractivity contribution in [2.75, 3.05) is 32.0 Å². The van der Waals surface area contributed by atoms with Crippen molar-refractivity contribution in [3.63, 3.8) is 0 Å². The predicted molar refractivity (Wildman–Crippen MR) is 150 cm³/mol. The van der Waals surface area contributed by atoms with Crippen molar-refractivity contribution in [2.24, 2.45) is 0 Å². The lowest BCUT2D eigenvalue weighted by atomic mass is 9.90. The fourth-order valence-corrected chi connectivity index (χ4v) is 6.03. The highest BCUT2D eigenvalue weighted by molar-refractivity contribution is 5.99. The van der Waals surface area contributed by atoms with Gasteiger partial charge in [0.1, 0.15) is 23.6 Å². The van der Waals surface area contributed by atoms with E-state index in [1.54, 1.807) is 0 Å². The summed E-state index contributed by atoms with van der Waals surface area (Å²) >= 11 is 0. The highest BCUT2D eigenvalue weighted by atomic mass is 16.5. The van der Waals surface area contributed by atoms with Gasteiger partial charge in [0.25, 0.3) is 6.01 Å². The summed E-state index contributed by atoms with van der Waals surface area (Å²) in [5, 5.41) is 5.90. The molecule has 0 amide bonds. The molecule has 2 fully saturated rings. The van der Waals surface area contributed by atoms with Gasteiger partial charge in [0.15, 0.2) is 5.65 Å². The fourth-order valence-electron chi connectivity index (χ4n) is 6.03. The van der Waals surface area contributed by atoms with Crippen LogP contribution in [-0.4, -0.2) is 67.0 Å². The summed E-state index contributed by atoms with van der Waals surface area (Å²) in [7, 11) is 0. The van der Waals surface area contributed by atoms with Crippen LogP contribution in [-0.2, 0) is 4.74 Å². The van der Waals surface area contributed by atoms with E-state index in [2.05, 4.69) is 29.5 Å². The van der Waals surface area contributed by atoms with Crippen LogP contribution in [0.2, 0.25) is 0 Å². The fraction of sp³-hybridized carbons (Fsp3) is 0.379. The van der Waals surface area contributed by atoms with Gasteiger partial charge in [-0.2, -0.15) is 10.1 Å². The Balaban J connectivity index is 1.19. The summed E-state index contributed by atoms with van der Waals surface area (Å²) in [5.41, 5.74) is 11.7. The topological polar surface area (TPSA) is 120 Å². The van der Waals surface area contributed by atoms with Gasteiger partial charge >= 0.3 is 0 Å². The van der Waals surface area contributed by atoms with Gasteiger partial charge in [0.2, 0.25) is 0 Å². The van der Waals surface area contributed by atoms with Crippen LogP contribution in [0.4, 0.5) is 5.82 Å². The second kappa shape index (κ2) is 9.94. The van der Waals surface area contributed by atoms with Gasteiger partial charge < -0.3 is 20.2 Å². The van der Waals surface area contributed by atoms with Crippen molar-refractivity contribution in [3.05, 3.63) is 54.4 Å². The Morgan fingerprint density at radius 3 is 2.64 bits per heavy atom. The van der Waals surface area contributed by atoms with E-state index in [4.69, 9.17) is 20.3 Å². The molecule has 39 heavy (non-hydrogen) atoms. The number of imidazole rings is 1. The maximum atomic E-state index is 6.41. The summed E-state index contributed by atoms with van der Waals surface area (Å²) in [6.07, 6.45) is 5.94. The first-order chi connectivity index (χ1) is 19.1. The highest BCUT2D eigenvalue weighted by Gasteiger charge is 2.30. The quantitative estimate of drug-likeness (QED) is 0.334. The molecule has 7 rings (SSSR count). The zero-order chi connectivity index (χ0) is 26.3. The molecule has 1 aliphatic carbocycles. The summed E-state index contributed by atoms with van der Waals surface area (Å²) in [6.45, 7) is 5.77. The third-order valence-corrected chi connectivity index (χ3v) is 8.03. The molecule has 0 bridgehead atoms. The second-order valence-electron chi connectivity index (χ2n) is 10.6. The number of anilines is 1. The minimum atomic E-state index is 0.276. The number of nitrogens with one attached hydrogen (secondary N) is 1. The SMILES string of the molecule is Cc1cccc(Oc2nc3ccc(-c4nn([C@H]5CC[C@H](N6CCOCC6)CC5)c5ncnc(N)c45)cc3[nH]2)c1. The second-order valence-corrected chi connectivity index (χ2v) is 10.6. The Labute approximate surface area is 226 Å². The first kappa shape index (κ1) is 24.1. The number of ether oxygens (including phenoxy) is 2. The lowest BCUT2D eigenvalue weighted by molar-refractivity contribution is 0.00520. The van der Waals surface area contributed by atoms with E-state index in [-0.39, 0.29) is 6.04 Å². The van der Waals surface area contributed by atoms with Gasteiger partial charge in [0, 0.05) is 24.7 Å². The zero-order valence-electron chi connectivity index (χ0n) is 22.0. The van der Waals surface area contributed by atoms with Crippen LogP contribution in [0.3, 0.4) is 0 Å². The average Bonchev–Trinajstić information content (AvgIpc) is 3.55. The largest absolute Gasteiger partial charge is 0.426 e. The summed E-state index contributed by atoms with van der Waals surface area (Å²) in [4.78, 5) is 19.4. The van der Waals surface area contributed by atoms with E-state index >= 15 is 0 Å². The Bertz CT molecular complexity index is 1630. The van der Waals surface area contributed by atoms with E-state index < -0.39 is 0 Å². The molecule has 0 spiro atoms. The number of H-pyrrole nitrogens is 1. The Morgan fingerprint density at radius 2 is 1.82 bits per heavy atom. The first-order valence-electron chi connectivity index (χ1n) is 13.7. The number of hydrogen-bond acceptors (Lipinski definition) is 8. The molecule has 0 radical (unpaired) electrons. The average molecular weight is 525 g/mol. The monoisotopic (exact) mass is 524 g/mol. The lowest BCUT2D eigenvalue weighted by Gasteiger charge is -2.38. The molecule has 5 aromatic rings. The van der Waals surface area contributed by atoms with Crippen molar-refractivity contribution in [2.45, 2.75) is 44.7 Å². The van der Waals surface area contributed by atoms with Gasteiger partial charge in [-0.15, -0.1) is 0 Å². The summed E-state index contributed by atoms with van der Waals surface area (Å²) in [5.74, 6) is 1.18. The predicted octanol–water partition coefficient (Wildman–Crippen LogP) is 4.87. The third kappa shape index (κ3) is 4.59. The molecular formula is C29H32N8O2. The molecule has 3 N–H and O–H groups in total. The molecule has 10 heteroatoms. The Hall–Kier alpha value is -4.02. The molecule has 2 aliphatic rings. The Kier molecular flexibility index (Phi) is 6.13. The maximum Gasteiger partial charge on any atom is 0.300 e. The van der Waals surface area contributed by atoms with Gasteiger partial charge in [-0.1, -0.05) is 18.2 Å². The number of hydrogen-bond donors (Lipinski definition) is 2. The van der Waals surface area contributed by atoms with Crippen molar-refractivity contribution in [1.82, 2.24) is 34.6 Å². The van der Waals surface area contributed by atoms with Gasteiger partial charge in [-0.3, -0.25) is 4.90 Å². The van der Waals surface area contributed by atoms with E-state index in [0.717, 1.165) is 96.6 Å². The van der Waals surface area contributed by atoms with Crippen molar-refractivity contribution in [1.29, 1.82) is 0 Å². The summed E-state index contributed by atoms with van der Waals surface area (Å²) in [6, 6.07) is 15.3. The van der Waals surface area contributed by atoms with Crippen LogP contribution in [0.15, 0.2) is 48.8 Å². The van der Waals surface area contributed by atoms with Crippen LogP contribution < -0.4 is 10.5 Å². The molecule has 1 saturated heterocycles. The lowest BCUT2D eigenvalue weighted by Crippen LogP contribution is -2.45. The number of rotatable bonds is 5. The molecule has 1 aliphatic heterocycles. The van der Waals surface area contributed by atoms with Crippen molar-refractivity contribution in [3.8, 4) is 23.0 Å². The van der Waals surface area contributed by atoms with Crippen molar-refractivity contribution < 1.29 is 9.47 Å². The number of morpholine rings is 1. The van der Waals surface area contributed by atoms with E-state index in [0.29, 0.717) is 17.9 Å². The number of nitrogens with two attached hydrogens (primary N) is 1. The molecule has 1 saturated carbocycles. The molecular weight excluding hydrogens is 492 g/mol. The van der Waals surface area contributed by atoms with Gasteiger partial charge in [0.05, 0.1) is 35.7 Å². The highest BCUT2D eigenvalue weighted by Crippen LogP contribution is 2.37. The minimum absolute atomic E-state index is 0.276. The molecule has 4 heterocycles. The molecule has 0 unspecified atom stereocenters. The maximum absolute atomic E-state index is 6.41. The Morgan fingerprint density at radius 1 is 1.00 bits per heavy atom. The van der Waals surface area contributed by atoms with E-state index in [1.807, 2.05) is 49.4 Å². The van der Waals surface area contributed by atoms with E-state index in [9.17, 15) is 0 Å². The summed E-state index contributed by atoms with van der Waals surface area (Å²) < 4.78 is 13.6.